The molecule has 0 radical (unpaired) electrons. The molecule has 0 N–H and O–H groups in total. The fourth-order valence-electron chi connectivity index (χ4n) is 6.73. The van der Waals surface area contributed by atoms with Gasteiger partial charge in [0, 0.05) is 16.2 Å². The predicted molar refractivity (Wildman–Crippen MR) is 175 cm³/mol. The molecular formula is C40H24O2. The number of benzene rings is 7. The van der Waals surface area contributed by atoms with Crippen molar-refractivity contribution in [1.29, 1.82) is 0 Å². The lowest BCUT2D eigenvalue weighted by Crippen LogP contribution is -1.91. The molecule has 0 fully saturated rings. The maximum Gasteiger partial charge on any atom is 0.178 e. The van der Waals surface area contributed by atoms with E-state index in [-0.39, 0.29) is 0 Å². The summed E-state index contributed by atoms with van der Waals surface area (Å²) < 4.78 is 12.3. The van der Waals surface area contributed by atoms with Crippen LogP contribution in [0.5, 0.6) is 0 Å². The Hall–Kier alpha value is -5.60. The van der Waals surface area contributed by atoms with E-state index in [0.717, 1.165) is 38.5 Å². The molecule has 9 aromatic rings. The molecule has 2 nitrogen and oxygen atoms in total. The number of fused-ring (bicyclic) bond motifs is 7. The molecule has 2 heteroatoms. The average Bonchev–Trinajstić information content (AvgIpc) is 3.69. The van der Waals surface area contributed by atoms with E-state index in [1.165, 1.54) is 49.4 Å². The molecule has 42 heavy (non-hydrogen) atoms. The Labute approximate surface area is 242 Å². The van der Waals surface area contributed by atoms with E-state index in [0.29, 0.717) is 0 Å². The van der Waals surface area contributed by atoms with E-state index < -0.39 is 0 Å². The van der Waals surface area contributed by atoms with Gasteiger partial charge in [-0.1, -0.05) is 115 Å². The summed E-state index contributed by atoms with van der Waals surface area (Å²) in [5.41, 5.74) is 9.72. The minimum atomic E-state index is 0.790. The smallest absolute Gasteiger partial charge is 0.178 e. The highest BCUT2D eigenvalue weighted by molar-refractivity contribution is 6.26. The molecule has 2 heterocycles. The number of rotatable bonds is 3. The van der Waals surface area contributed by atoms with Crippen LogP contribution >= 0.6 is 0 Å². The SMILES string of the molecule is c1ccc(-c2cccc(-c3c4ccccc4c(-c4cccc5oc6c(ccc7ccoc76)c45)c4ccccc34)c2)cc1. The zero-order chi connectivity index (χ0) is 27.6. The van der Waals surface area contributed by atoms with Crippen LogP contribution in [0.3, 0.4) is 0 Å². The second-order valence-corrected chi connectivity index (χ2v) is 10.8. The first-order chi connectivity index (χ1) is 20.8. The third-order valence-electron chi connectivity index (χ3n) is 8.54. The molecule has 0 saturated carbocycles. The van der Waals surface area contributed by atoms with Crippen LogP contribution in [0.15, 0.2) is 155 Å². The van der Waals surface area contributed by atoms with Crippen LogP contribution in [-0.4, -0.2) is 0 Å². The van der Waals surface area contributed by atoms with Crippen molar-refractivity contribution >= 4 is 54.5 Å². The van der Waals surface area contributed by atoms with Gasteiger partial charge in [0.15, 0.2) is 11.2 Å². The minimum Gasteiger partial charge on any atom is -0.460 e. The standard InChI is InChI=1S/C40H24O2/c1-2-10-25(11-3-1)27-12-8-13-28(24-27)36-29-14-4-6-16-31(29)37(32-17-7-5-15-30(32)36)33-18-9-19-35-38(33)34-21-20-26-22-23-41-39(26)40(34)42-35/h1-24H. The molecule has 0 unspecified atom stereocenters. The van der Waals surface area contributed by atoms with Gasteiger partial charge in [0.25, 0.3) is 0 Å². The van der Waals surface area contributed by atoms with Crippen LogP contribution in [-0.2, 0) is 0 Å². The van der Waals surface area contributed by atoms with Gasteiger partial charge in [-0.3, -0.25) is 0 Å². The normalized spacial score (nSPS) is 11.8. The Morgan fingerprint density at radius 2 is 1.05 bits per heavy atom. The zero-order valence-electron chi connectivity index (χ0n) is 22.7. The number of furan rings is 2. The Morgan fingerprint density at radius 3 is 1.81 bits per heavy atom. The van der Waals surface area contributed by atoms with Gasteiger partial charge in [0.2, 0.25) is 0 Å². The third kappa shape index (κ3) is 3.33. The molecule has 196 valence electrons. The van der Waals surface area contributed by atoms with Gasteiger partial charge in [-0.05, 0) is 79.2 Å². The number of hydrogen-bond acceptors (Lipinski definition) is 2. The first kappa shape index (κ1) is 23.1. The maximum absolute atomic E-state index is 6.46. The number of hydrogen-bond donors (Lipinski definition) is 0. The van der Waals surface area contributed by atoms with Crippen LogP contribution in [0, 0.1) is 0 Å². The molecule has 0 aliphatic carbocycles. The Morgan fingerprint density at radius 1 is 0.405 bits per heavy atom. The topological polar surface area (TPSA) is 26.3 Å². The first-order valence-corrected chi connectivity index (χ1v) is 14.3. The highest BCUT2D eigenvalue weighted by Crippen LogP contribution is 2.47. The van der Waals surface area contributed by atoms with Gasteiger partial charge >= 0.3 is 0 Å². The van der Waals surface area contributed by atoms with Crippen molar-refractivity contribution < 1.29 is 8.83 Å². The molecule has 2 aromatic heterocycles. The fraction of sp³-hybridized carbons (Fsp3) is 0. The van der Waals surface area contributed by atoms with Crippen LogP contribution < -0.4 is 0 Å². The van der Waals surface area contributed by atoms with Crippen molar-refractivity contribution in [2.75, 3.05) is 0 Å². The highest BCUT2D eigenvalue weighted by atomic mass is 16.4. The summed E-state index contributed by atoms with van der Waals surface area (Å²) in [7, 11) is 0. The van der Waals surface area contributed by atoms with E-state index >= 15 is 0 Å². The molecule has 7 aromatic carbocycles. The Kier molecular flexibility index (Phi) is 4.93. The lowest BCUT2D eigenvalue weighted by molar-refractivity contribution is 0.600. The van der Waals surface area contributed by atoms with Crippen molar-refractivity contribution in [2.45, 2.75) is 0 Å². The molecule has 0 aliphatic rings. The molecule has 0 amide bonds. The van der Waals surface area contributed by atoms with E-state index in [1.807, 2.05) is 6.07 Å². The lowest BCUT2D eigenvalue weighted by Gasteiger charge is -2.18. The maximum atomic E-state index is 6.46. The van der Waals surface area contributed by atoms with Crippen molar-refractivity contribution in [3.63, 3.8) is 0 Å². The first-order valence-electron chi connectivity index (χ1n) is 14.3. The molecular weight excluding hydrogens is 512 g/mol. The van der Waals surface area contributed by atoms with Gasteiger partial charge in [-0.25, -0.2) is 0 Å². The molecule has 0 bridgehead atoms. The monoisotopic (exact) mass is 536 g/mol. The quantitative estimate of drug-likeness (QED) is 0.210. The summed E-state index contributed by atoms with van der Waals surface area (Å²) >= 11 is 0. The van der Waals surface area contributed by atoms with E-state index in [1.54, 1.807) is 6.26 Å². The van der Waals surface area contributed by atoms with Gasteiger partial charge < -0.3 is 8.83 Å². The van der Waals surface area contributed by atoms with Gasteiger partial charge in [0.05, 0.1) is 6.26 Å². The summed E-state index contributed by atoms with van der Waals surface area (Å²) in [4.78, 5) is 0. The molecule has 0 saturated heterocycles. The molecule has 0 aliphatic heterocycles. The Balaban J connectivity index is 1.39. The molecule has 0 atom stereocenters. The third-order valence-corrected chi connectivity index (χ3v) is 8.54. The summed E-state index contributed by atoms with van der Waals surface area (Å²) in [6.45, 7) is 0. The predicted octanol–water partition coefficient (Wildman–Crippen LogP) is 11.6. The largest absolute Gasteiger partial charge is 0.460 e. The average molecular weight is 537 g/mol. The zero-order valence-corrected chi connectivity index (χ0v) is 22.7. The second kappa shape index (κ2) is 8.95. The summed E-state index contributed by atoms with van der Waals surface area (Å²) in [6, 6.07) is 49.8. The summed E-state index contributed by atoms with van der Waals surface area (Å²) in [6.07, 6.45) is 1.73. The van der Waals surface area contributed by atoms with Gasteiger partial charge in [0.1, 0.15) is 5.58 Å². The van der Waals surface area contributed by atoms with Crippen molar-refractivity contribution in [1.82, 2.24) is 0 Å². The second-order valence-electron chi connectivity index (χ2n) is 10.8. The molecule has 9 rings (SSSR count). The fourth-order valence-corrected chi connectivity index (χ4v) is 6.73. The highest BCUT2D eigenvalue weighted by Gasteiger charge is 2.21. The van der Waals surface area contributed by atoms with Gasteiger partial charge in [-0.15, -0.1) is 0 Å². The Bertz CT molecular complexity index is 2400. The lowest BCUT2D eigenvalue weighted by atomic mass is 9.84. The van der Waals surface area contributed by atoms with Crippen LogP contribution in [0.4, 0.5) is 0 Å². The van der Waals surface area contributed by atoms with Crippen LogP contribution in [0.2, 0.25) is 0 Å². The molecule has 0 spiro atoms. The van der Waals surface area contributed by atoms with Crippen LogP contribution in [0.25, 0.3) is 87.8 Å². The van der Waals surface area contributed by atoms with Crippen molar-refractivity contribution in [2.24, 2.45) is 0 Å². The van der Waals surface area contributed by atoms with E-state index in [4.69, 9.17) is 8.83 Å². The van der Waals surface area contributed by atoms with Gasteiger partial charge in [-0.2, -0.15) is 0 Å². The van der Waals surface area contributed by atoms with Crippen LogP contribution in [0.1, 0.15) is 0 Å². The minimum absolute atomic E-state index is 0.790. The van der Waals surface area contributed by atoms with Crippen molar-refractivity contribution in [3.8, 4) is 33.4 Å². The van der Waals surface area contributed by atoms with E-state index in [2.05, 4.69) is 133 Å². The summed E-state index contributed by atoms with van der Waals surface area (Å²) in [5.74, 6) is 0. The summed E-state index contributed by atoms with van der Waals surface area (Å²) in [5, 5.41) is 8.12. The van der Waals surface area contributed by atoms with E-state index in [9.17, 15) is 0 Å². The van der Waals surface area contributed by atoms with Crippen molar-refractivity contribution in [3.05, 3.63) is 146 Å².